The molecule has 1 rings (SSSR count). The van der Waals surface area contributed by atoms with Gasteiger partial charge in [-0.05, 0) is 34.7 Å². The first-order valence-electron chi connectivity index (χ1n) is 5.85. The highest BCUT2D eigenvalue weighted by Gasteiger charge is 2.09. The van der Waals surface area contributed by atoms with E-state index in [1.807, 2.05) is 0 Å². The number of nitrogens with two attached hydrogens (primary N) is 1. The molecule has 0 aliphatic heterocycles. The Morgan fingerprint density at radius 3 is 2.50 bits per heavy atom. The molecule has 1 aromatic rings. The lowest BCUT2D eigenvalue weighted by Crippen LogP contribution is -2.06. The molecule has 0 amide bonds. The highest BCUT2D eigenvalue weighted by atomic mass is 79.9. The van der Waals surface area contributed by atoms with Crippen molar-refractivity contribution in [3.63, 3.8) is 0 Å². The molecule has 0 spiro atoms. The zero-order valence-electron chi connectivity index (χ0n) is 10.3. The minimum absolute atomic E-state index is 0.567. The molecule has 0 aliphatic carbocycles. The molecule has 0 atom stereocenters. The van der Waals surface area contributed by atoms with Crippen LogP contribution in [-0.4, -0.2) is 9.97 Å². The molecule has 16 heavy (non-hydrogen) atoms. The molecule has 3 nitrogen and oxygen atoms in total. The number of aryl methyl sites for hydroxylation is 2. The third kappa shape index (κ3) is 3.74. The van der Waals surface area contributed by atoms with Crippen molar-refractivity contribution in [3.05, 3.63) is 16.0 Å². The lowest BCUT2D eigenvalue weighted by Gasteiger charge is -2.09. The van der Waals surface area contributed by atoms with Crippen molar-refractivity contribution >= 4 is 21.7 Å². The summed E-state index contributed by atoms with van der Waals surface area (Å²) in [6, 6.07) is 0. The number of anilines is 1. The van der Waals surface area contributed by atoms with Gasteiger partial charge in [-0.25, -0.2) is 9.97 Å². The van der Waals surface area contributed by atoms with E-state index in [0.717, 1.165) is 41.7 Å². The number of halogens is 1. The topological polar surface area (TPSA) is 51.8 Å². The molecule has 0 saturated heterocycles. The van der Waals surface area contributed by atoms with E-state index in [4.69, 9.17) is 5.73 Å². The van der Waals surface area contributed by atoms with Crippen LogP contribution in [0, 0.1) is 5.92 Å². The van der Waals surface area contributed by atoms with E-state index in [0.29, 0.717) is 11.7 Å². The van der Waals surface area contributed by atoms with Gasteiger partial charge in [0.15, 0.2) is 0 Å². The van der Waals surface area contributed by atoms with Crippen molar-refractivity contribution in [2.45, 2.75) is 46.5 Å². The average molecular weight is 286 g/mol. The fraction of sp³-hybridized carbons (Fsp3) is 0.667. The third-order valence-corrected chi connectivity index (χ3v) is 3.29. The maximum absolute atomic E-state index is 5.86. The van der Waals surface area contributed by atoms with Gasteiger partial charge in [0.1, 0.15) is 11.6 Å². The van der Waals surface area contributed by atoms with Crippen LogP contribution in [0.5, 0.6) is 0 Å². The first kappa shape index (κ1) is 13.4. The fourth-order valence-corrected chi connectivity index (χ4v) is 1.87. The highest BCUT2D eigenvalue weighted by molar-refractivity contribution is 9.10. The second kappa shape index (κ2) is 6.18. The summed E-state index contributed by atoms with van der Waals surface area (Å²) in [6.45, 7) is 6.54. The number of hydrogen-bond acceptors (Lipinski definition) is 3. The van der Waals surface area contributed by atoms with Gasteiger partial charge < -0.3 is 5.73 Å². The maximum Gasteiger partial charge on any atom is 0.141 e. The van der Waals surface area contributed by atoms with E-state index < -0.39 is 0 Å². The molecule has 0 fully saturated rings. The zero-order chi connectivity index (χ0) is 12.1. The summed E-state index contributed by atoms with van der Waals surface area (Å²) in [5.41, 5.74) is 6.90. The second-order valence-corrected chi connectivity index (χ2v) is 5.26. The van der Waals surface area contributed by atoms with Gasteiger partial charge in [0, 0.05) is 6.42 Å². The largest absolute Gasteiger partial charge is 0.383 e. The Hall–Kier alpha value is -0.640. The quantitative estimate of drug-likeness (QED) is 0.903. The number of rotatable bonds is 5. The molecule has 4 heteroatoms. The molecule has 1 heterocycles. The Balaban J connectivity index is 2.86. The Kier molecular flexibility index (Phi) is 5.19. The minimum atomic E-state index is 0.567. The van der Waals surface area contributed by atoms with E-state index >= 15 is 0 Å². The molecule has 0 radical (unpaired) electrons. The number of nitrogen functional groups attached to an aromatic ring is 1. The molecular weight excluding hydrogens is 266 g/mol. The van der Waals surface area contributed by atoms with Crippen molar-refractivity contribution < 1.29 is 0 Å². The van der Waals surface area contributed by atoms with Crippen LogP contribution in [0.1, 0.15) is 45.1 Å². The van der Waals surface area contributed by atoms with E-state index in [9.17, 15) is 0 Å². The predicted octanol–water partition coefficient (Wildman–Crippen LogP) is 3.36. The third-order valence-electron chi connectivity index (χ3n) is 2.42. The van der Waals surface area contributed by atoms with E-state index in [2.05, 4.69) is 46.7 Å². The van der Waals surface area contributed by atoms with Crippen LogP contribution in [0.15, 0.2) is 4.47 Å². The van der Waals surface area contributed by atoms with Crippen LogP contribution >= 0.6 is 15.9 Å². The molecule has 0 saturated carbocycles. The SMILES string of the molecule is CCCc1nc(CCC(C)C)nc(N)c1Br. The van der Waals surface area contributed by atoms with Gasteiger partial charge >= 0.3 is 0 Å². The van der Waals surface area contributed by atoms with Gasteiger partial charge in [0.25, 0.3) is 0 Å². The van der Waals surface area contributed by atoms with Crippen LogP contribution in [-0.2, 0) is 12.8 Å². The molecule has 0 aromatic carbocycles. The molecule has 0 aliphatic rings. The van der Waals surface area contributed by atoms with Gasteiger partial charge in [0.2, 0.25) is 0 Å². The summed E-state index contributed by atoms with van der Waals surface area (Å²) in [6.07, 6.45) is 4.03. The average Bonchev–Trinajstić information content (AvgIpc) is 2.22. The molecule has 0 unspecified atom stereocenters. The number of aromatic nitrogens is 2. The van der Waals surface area contributed by atoms with Gasteiger partial charge in [-0.2, -0.15) is 0 Å². The summed E-state index contributed by atoms with van der Waals surface area (Å²) >= 11 is 3.45. The Morgan fingerprint density at radius 1 is 1.25 bits per heavy atom. The summed E-state index contributed by atoms with van der Waals surface area (Å²) in [7, 11) is 0. The standard InChI is InChI=1S/C12H20BrN3/c1-4-5-9-11(13)12(14)16-10(15-9)7-6-8(2)3/h8H,4-7H2,1-3H3,(H2,14,15,16). The van der Waals surface area contributed by atoms with Crippen LogP contribution in [0.2, 0.25) is 0 Å². The summed E-state index contributed by atoms with van der Waals surface area (Å²) < 4.78 is 0.864. The molecule has 2 N–H and O–H groups in total. The van der Waals surface area contributed by atoms with Crippen LogP contribution in [0.3, 0.4) is 0 Å². The molecule has 1 aromatic heterocycles. The summed E-state index contributed by atoms with van der Waals surface area (Å²) in [5, 5.41) is 0. The summed E-state index contributed by atoms with van der Waals surface area (Å²) in [4.78, 5) is 8.86. The normalized spacial score (nSPS) is 11.1. The van der Waals surface area contributed by atoms with Crippen LogP contribution in [0.4, 0.5) is 5.82 Å². The smallest absolute Gasteiger partial charge is 0.141 e. The van der Waals surface area contributed by atoms with Gasteiger partial charge in [0.05, 0.1) is 10.2 Å². The van der Waals surface area contributed by atoms with E-state index in [-0.39, 0.29) is 0 Å². The lowest BCUT2D eigenvalue weighted by atomic mass is 10.1. The second-order valence-electron chi connectivity index (χ2n) is 4.47. The first-order chi connectivity index (χ1) is 7.54. The Morgan fingerprint density at radius 2 is 1.94 bits per heavy atom. The molecular formula is C12H20BrN3. The zero-order valence-corrected chi connectivity index (χ0v) is 11.8. The van der Waals surface area contributed by atoms with Crippen molar-refractivity contribution in [3.8, 4) is 0 Å². The van der Waals surface area contributed by atoms with Crippen LogP contribution in [0.25, 0.3) is 0 Å². The van der Waals surface area contributed by atoms with Gasteiger partial charge in [-0.15, -0.1) is 0 Å². The lowest BCUT2D eigenvalue weighted by molar-refractivity contribution is 0.573. The Labute approximate surface area is 106 Å². The highest BCUT2D eigenvalue weighted by Crippen LogP contribution is 2.22. The number of nitrogens with zero attached hydrogens (tertiary/aromatic N) is 2. The monoisotopic (exact) mass is 285 g/mol. The number of hydrogen-bond donors (Lipinski definition) is 1. The van der Waals surface area contributed by atoms with Crippen molar-refractivity contribution in [1.29, 1.82) is 0 Å². The van der Waals surface area contributed by atoms with E-state index in [1.54, 1.807) is 0 Å². The Bertz CT molecular complexity index is 350. The first-order valence-corrected chi connectivity index (χ1v) is 6.64. The van der Waals surface area contributed by atoms with Crippen LogP contribution < -0.4 is 5.73 Å². The van der Waals surface area contributed by atoms with Gasteiger partial charge in [-0.1, -0.05) is 27.2 Å². The minimum Gasteiger partial charge on any atom is -0.383 e. The summed E-state index contributed by atoms with van der Waals surface area (Å²) in [5.74, 6) is 2.11. The molecule has 0 bridgehead atoms. The van der Waals surface area contributed by atoms with Crippen molar-refractivity contribution in [1.82, 2.24) is 9.97 Å². The van der Waals surface area contributed by atoms with Crippen molar-refractivity contribution in [2.24, 2.45) is 5.92 Å². The van der Waals surface area contributed by atoms with Crippen molar-refractivity contribution in [2.75, 3.05) is 5.73 Å². The maximum atomic E-state index is 5.86. The van der Waals surface area contributed by atoms with E-state index in [1.165, 1.54) is 0 Å². The van der Waals surface area contributed by atoms with Gasteiger partial charge in [-0.3, -0.25) is 0 Å². The molecule has 90 valence electrons. The fourth-order valence-electron chi connectivity index (χ4n) is 1.50. The predicted molar refractivity (Wildman–Crippen MR) is 71.3 cm³/mol.